The average molecular weight is 240 g/mol. The quantitative estimate of drug-likeness (QED) is 0.718. The first-order chi connectivity index (χ1) is 7.89. The third-order valence-corrected chi connectivity index (χ3v) is 3.95. The number of nitrogens with one attached hydrogen (secondary N) is 1. The van der Waals surface area contributed by atoms with E-state index in [1.165, 1.54) is 45.4 Å². The predicted molar refractivity (Wildman–Crippen MR) is 76.4 cm³/mol. The fourth-order valence-electron chi connectivity index (χ4n) is 2.59. The third kappa shape index (κ3) is 5.87. The van der Waals surface area contributed by atoms with Gasteiger partial charge in [0.25, 0.3) is 0 Å². The standard InChI is InChI=1S/C15H32N2/c1-13(2)16-9-6-7-10-17-11-8-14(12-17)15(3,4)5/h13-14,16H,6-12H2,1-5H3. The van der Waals surface area contributed by atoms with Crippen LogP contribution in [0.4, 0.5) is 0 Å². The van der Waals surface area contributed by atoms with Crippen molar-refractivity contribution in [1.29, 1.82) is 0 Å². The molecular formula is C15H32N2. The molecule has 1 fully saturated rings. The lowest BCUT2D eigenvalue weighted by Crippen LogP contribution is -2.28. The summed E-state index contributed by atoms with van der Waals surface area (Å²) in [4.78, 5) is 2.66. The van der Waals surface area contributed by atoms with Gasteiger partial charge in [-0.15, -0.1) is 0 Å². The summed E-state index contributed by atoms with van der Waals surface area (Å²) in [5.74, 6) is 0.899. The van der Waals surface area contributed by atoms with Gasteiger partial charge in [-0.3, -0.25) is 0 Å². The first kappa shape index (κ1) is 15.0. The Labute approximate surface area is 108 Å². The van der Waals surface area contributed by atoms with E-state index < -0.39 is 0 Å². The third-order valence-electron chi connectivity index (χ3n) is 3.95. The molecule has 1 aliphatic rings. The molecular weight excluding hydrogens is 208 g/mol. The number of hydrogen-bond donors (Lipinski definition) is 1. The van der Waals surface area contributed by atoms with Crippen LogP contribution in [0.15, 0.2) is 0 Å². The minimum Gasteiger partial charge on any atom is -0.315 e. The molecule has 0 bridgehead atoms. The molecule has 17 heavy (non-hydrogen) atoms. The Hall–Kier alpha value is -0.0800. The molecule has 1 atom stereocenters. The SMILES string of the molecule is CC(C)NCCCCN1CCC(C(C)(C)C)C1. The van der Waals surface area contributed by atoms with Gasteiger partial charge in [-0.05, 0) is 50.2 Å². The molecule has 1 N–H and O–H groups in total. The number of hydrogen-bond acceptors (Lipinski definition) is 2. The van der Waals surface area contributed by atoms with Crippen LogP contribution >= 0.6 is 0 Å². The van der Waals surface area contributed by atoms with Gasteiger partial charge in [0, 0.05) is 12.6 Å². The summed E-state index contributed by atoms with van der Waals surface area (Å²) in [6.45, 7) is 16.7. The molecule has 0 saturated carbocycles. The summed E-state index contributed by atoms with van der Waals surface area (Å²) in [7, 11) is 0. The maximum Gasteiger partial charge on any atom is 0.00151 e. The molecule has 1 rings (SSSR count). The molecule has 0 amide bonds. The Kier molecular flexibility index (Phi) is 5.94. The van der Waals surface area contributed by atoms with Crippen LogP contribution in [0.1, 0.15) is 53.9 Å². The van der Waals surface area contributed by atoms with Crippen molar-refractivity contribution < 1.29 is 0 Å². The van der Waals surface area contributed by atoms with Crippen LogP contribution in [0, 0.1) is 11.3 Å². The summed E-state index contributed by atoms with van der Waals surface area (Å²) < 4.78 is 0. The zero-order valence-electron chi connectivity index (χ0n) is 12.6. The minimum absolute atomic E-state index is 0.494. The number of unbranched alkanes of at least 4 members (excludes halogenated alkanes) is 1. The summed E-state index contributed by atoms with van der Waals surface area (Å²) in [5.41, 5.74) is 0.494. The van der Waals surface area contributed by atoms with E-state index in [9.17, 15) is 0 Å². The van der Waals surface area contributed by atoms with Gasteiger partial charge in [0.2, 0.25) is 0 Å². The summed E-state index contributed by atoms with van der Waals surface area (Å²) in [6.07, 6.45) is 4.05. The Bertz CT molecular complexity index is 205. The highest BCUT2D eigenvalue weighted by Gasteiger charge is 2.31. The van der Waals surface area contributed by atoms with Crippen molar-refractivity contribution in [3.63, 3.8) is 0 Å². The van der Waals surface area contributed by atoms with Gasteiger partial charge in [0.1, 0.15) is 0 Å². The maximum absolute atomic E-state index is 3.49. The van der Waals surface area contributed by atoms with Crippen LogP contribution in [-0.2, 0) is 0 Å². The van der Waals surface area contributed by atoms with Crippen LogP contribution in [-0.4, -0.2) is 37.1 Å². The Morgan fingerprint density at radius 2 is 1.94 bits per heavy atom. The second-order valence-electron chi connectivity index (χ2n) is 6.97. The Morgan fingerprint density at radius 3 is 2.47 bits per heavy atom. The largest absolute Gasteiger partial charge is 0.315 e. The van der Waals surface area contributed by atoms with Crippen molar-refractivity contribution in [2.24, 2.45) is 11.3 Å². The van der Waals surface area contributed by atoms with Crippen molar-refractivity contribution >= 4 is 0 Å². The summed E-state index contributed by atoms with van der Waals surface area (Å²) >= 11 is 0. The van der Waals surface area contributed by atoms with Crippen molar-refractivity contribution in [3.05, 3.63) is 0 Å². The lowest BCUT2D eigenvalue weighted by Gasteiger charge is -2.27. The summed E-state index contributed by atoms with van der Waals surface area (Å²) in [6, 6.07) is 0.632. The number of nitrogens with zero attached hydrogens (tertiary/aromatic N) is 1. The van der Waals surface area contributed by atoms with E-state index in [0.29, 0.717) is 11.5 Å². The second kappa shape index (κ2) is 6.75. The van der Waals surface area contributed by atoms with Crippen LogP contribution in [0.5, 0.6) is 0 Å². The van der Waals surface area contributed by atoms with Crippen molar-refractivity contribution in [2.45, 2.75) is 59.9 Å². The van der Waals surface area contributed by atoms with Crippen LogP contribution in [0.25, 0.3) is 0 Å². The van der Waals surface area contributed by atoms with Gasteiger partial charge in [0.05, 0.1) is 0 Å². The van der Waals surface area contributed by atoms with Gasteiger partial charge in [0.15, 0.2) is 0 Å². The van der Waals surface area contributed by atoms with Crippen LogP contribution in [0.2, 0.25) is 0 Å². The van der Waals surface area contributed by atoms with E-state index in [2.05, 4.69) is 44.8 Å². The normalized spacial score (nSPS) is 22.6. The lowest BCUT2D eigenvalue weighted by atomic mass is 9.80. The van der Waals surface area contributed by atoms with Gasteiger partial charge < -0.3 is 10.2 Å². The fourth-order valence-corrected chi connectivity index (χ4v) is 2.59. The van der Waals surface area contributed by atoms with Crippen molar-refractivity contribution in [2.75, 3.05) is 26.2 Å². The van der Waals surface area contributed by atoms with E-state index in [1.54, 1.807) is 0 Å². The average Bonchev–Trinajstić information content (AvgIpc) is 2.64. The highest BCUT2D eigenvalue weighted by Crippen LogP contribution is 2.33. The first-order valence-electron chi connectivity index (χ1n) is 7.35. The maximum atomic E-state index is 3.49. The monoisotopic (exact) mass is 240 g/mol. The Balaban J connectivity index is 2.06. The van der Waals surface area contributed by atoms with Gasteiger partial charge >= 0.3 is 0 Å². The molecule has 2 nitrogen and oxygen atoms in total. The van der Waals surface area contributed by atoms with Crippen LogP contribution in [0.3, 0.4) is 0 Å². The number of rotatable bonds is 6. The van der Waals surface area contributed by atoms with E-state index in [0.717, 1.165) is 5.92 Å². The first-order valence-corrected chi connectivity index (χ1v) is 7.35. The van der Waals surface area contributed by atoms with Gasteiger partial charge in [-0.25, -0.2) is 0 Å². The van der Waals surface area contributed by atoms with Gasteiger partial charge in [-0.1, -0.05) is 34.6 Å². The molecule has 0 spiro atoms. The topological polar surface area (TPSA) is 15.3 Å². The van der Waals surface area contributed by atoms with Crippen LogP contribution < -0.4 is 5.32 Å². The van der Waals surface area contributed by atoms with Gasteiger partial charge in [-0.2, -0.15) is 0 Å². The molecule has 102 valence electrons. The van der Waals surface area contributed by atoms with Crippen molar-refractivity contribution in [1.82, 2.24) is 10.2 Å². The smallest absolute Gasteiger partial charge is 0.00151 e. The minimum atomic E-state index is 0.494. The molecule has 0 aromatic carbocycles. The molecule has 0 aromatic rings. The van der Waals surface area contributed by atoms with E-state index in [-0.39, 0.29) is 0 Å². The summed E-state index contributed by atoms with van der Waals surface area (Å²) in [5, 5.41) is 3.49. The van der Waals surface area contributed by atoms with E-state index in [4.69, 9.17) is 0 Å². The number of likely N-dealkylation sites (tertiary alicyclic amines) is 1. The molecule has 0 aromatic heterocycles. The highest BCUT2D eigenvalue weighted by molar-refractivity contribution is 4.83. The van der Waals surface area contributed by atoms with E-state index in [1.807, 2.05) is 0 Å². The fraction of sp³-hybridized carbons (Fsp3) is 1.00. The predicted octanol–water partition coefficient (Wildman–Crippen LogP) is 3.13. The second-order valence-corrected chi connectivity index (χ2v) is 6.97. The molecule has 1 saturated heterocycles. The molecule has 1 heterocycles. The highest BCUT2D eigenvalue weighted by atomic mass is 15.1. The zero-order chi connectivity index (χ0) is 12.9. The molecule has 1 aliphatic heterocycles. The zero-order valence-corrected chi connectivity index (χ0v) is 12.6. The van der Waals surface area contributed by atoms with E-state index >= 15 is 0 Å². The Morgan fingerprint density at radius 1 is 1.24 bits per heavy atom. The molecule has 2 heteroatoms. The van der Waals surface area contributed by atoms with Crippen molar-refractivity contribution in [3.8, 4) is 0 Å². The molecule has 0 radical (unpaired) electrons. The lowest BCUT2D eigenvalue weighted by molar-refractivity contribution is 0.227. The molecule has 0 aliphatic carbocycles. The molecule has 1 unspecified atom stereocenters.